The van der Waals surface area contributed by atoms with Crippen molar-refractivity contribution in [3.05, 3.63) is 82.4 Å². The van der Waals surface area contributed by atoms with E-state index in [1.807, 2.05) is 0 Å². The van der Waals surface area contributed by atoms with E-state index >= 15 is 0 Å². The molecule has 2 fully saturated rings. The van der Waals surface area contributed by atoms with Gasteiger partial charge < -0.3 is 9.47 Å². The summed E-state index contributed by atoms with van der Waals surface area (Å²) in [6.07, 6.45) is 0.651. The minimum atomic E-state index is -0.245. The largest absolute Gasteiger partial charge is 0.359 e. The summed E-state index contributed by atoms with van der Waals surface area (Å²) in [5.74, 6) is 0. The number of benzene rings is 3. The van der Waals surface area contributed by atoms with E-state index in [-0.39, 0.29) is 23.9 Å². The SMILES string of the molecule is c1ccc2c(c1)-c1ccc3c4c1C21OC1c1cccc(c1-4)C1OC31. The molecule has 5 aliphatic rings. The molecule has 112 valence electrons. The first-order chi connectivity index (χ1) is 11.9. The van der Waals surface area contributed by atoms with Crippen LogP contribution < -0.4 is 0 Å². The normalized spacial score (nSPS) is 33.2. The highest BCUT2D eigenvalue weighted by molar-refractivity contribution is 5.96. The van der Waals surface area contributed by atoms with Crippen LogP contribution >= 0.6 is 0 Å². The van der Waals surface area contributed by atoms with Crippen molar-refractivity contribution in [3.8, 4) is 22.3 Å². The van der Waals surface area contributed by atoms with Crippen LogP contribution in [0.25, 0.3) is 22.3 Å². The molecule has 1 spiro atoms. The van der Waals surface area contributed by atoms with Crippen LogP contribution in [0.3, 0.4) is 0 Å². The number of rotatable bonds is 0. The van der Waals surface area contributed by atoms with Crippen LogP contribution in [0, 0.1) is 0 Å². The lowest BCUT2D eigenvalue weighted by Crippen LogP contribution is -2.18. The van der Waals surface area contributed by atoms with Gasteiger partial charge in [-0.1, -0.05) is 54.6 Å². The van der Waals surface area contributed by atoms with E-state index in [9.17, 15) is 0 Å². The zero-order valence-electron chi connectivity index (χ0n) is 12.7. The topological polar surface area (TPSA) is 25.1 Å². The van der Waals surface area contributed by atoms with Gasteiger partial charge in [0.25, 0.3) is 0 Å². The Morgan fingerprint density at radius 2 is 1.54 bits per heavy atom. The van der Waals surface area contributed by atoms with Crippen molar-refractivity contribution in [3.63, 3.8) is 0 Å². The van der Waals surface area contributed by atoms with E-state index in [2.05, 4.69) is 54.6 Å². The number of fused-ring (bicyclic) bond motifs is 6. The molecule has 2 heterocycles. The second-order valence-electron chi connectivity index (χ2n) is 7.52. The van der Waals surface area contributed by atoms with Gasteiger partial charge in [-0.25, -0.2) is 0 Å². The summed E-state index contributed by atoms with van der Waals surface area (Å²) in [4.78, 5) is 0. The van der Waals surface area contributed by atoms with E-state index in [0.717, 1.165) is 0 Å². The molecule has 2 nitrogen and oxygen atoms in total. The van der Waals surface area contributed by atoms with Crippen LogP contribution in [-0.2, 0) is 15.1 Å². The van der Waals surface area contributed by atoms with Gasteiger partial charge in [0.05, 0.1) is 0 Å². The first kappa shape index (κ1) is 11.2. The van der Waals surface area contributed by atoms with E-state index in [4.69, 9.17) is 9.47 Å². The molecule has 3 aliphatic carbocycles. The van der Waals surface area contributed by atoms with E-state index in [0.29, 0.717) is 0 Å². The van der Waals surface area contributed by atoms with Crippen LogP contribution in [0.15, 0.2) is 54.6 Å². The molecular formula is C22H12O2. The molecule has 0 amide bonds. The van der Waals surface area contributed by atoms with E-state index < -0.39 is 0 Å². The quantitative estimate of drug-likeness (QED) is 0.558. The maximum atomic E-state index is 6.49. The summed E-state index contributed by atoms with van der Waals surface area (Å²) >= 11 is 0. The molecule has 0 bridgehead atoms. The molecule has 3 aromatic rings. The van der Waals surface area contributed by atoms with Crippen LogP contribution in [-0.4, -0.2) is 0 Å². The molecule has 0 aromatic heterocycles. The smallest absolute Gasteiger partial charge is 0.151 e. The summed E-state index contributed by atoms with van der Waals surface area (Å²) in [6.45, 7) is 0. The number of ether oxygens (including phenoxy) is 2. The summed E-state index contributed by atoms with van der Waals surface area (Å²) < 4.78 is 12.5. The molecule has 8 rings (SSSR count). The first-order valence-corrected chi connectivity index (χ1v) is 8.63. The molecule has 4 atom stereocenters. The zero-order chi connectivity index (χ0) is 15.2. The fourth-order valence-corrected chi connectivity index (χ4v) is 5.66. The summed E-state index contributed by atoms with van der Waals surface area (Å²) in [5, 5.41) is 0. The second kappa shape index (κ2) is 3.08. The Bertz CT molecular complexity index is 1140. The van der Waals surface area contributed by atoms with Gasteiger partial charge in [-0.05, 0) is 44.5 Å². The highest BCUT2D eigenvalue weighted by atomic mass is 16.6. The summed E-state index contributed by atoms with van der Waals surface area (Å²) in [6, 6.07) is 20.0. The molecule has 4 unspecified atom stereocenters. The van der Waals surface area contributed by atoms with Crippen LogP contribution in [0.5, 0.6) is 0 Å². The molecule has 2 heteroatoms. The van der Waals surface area contributed by atoms with E-state index in [1.54, 1.807) is 0 Å². The Morgan fingerprint density at radius 3 is 2.50 bits per heavy atom. The van der Waals surface area contributed by atoms with Gasteiger partial charge in [0.1, 0.15) is 18.3 Å². The average Bonchev–Trinajstić information content (AvgIpc) is 3.52. The van der Waals surface area contributed by atoms with Gasteiger partial charge in [-0.3, -0.25) is 0 Å². The van der Waals surface area contributed by atoms with Crippen molar-refractivity contribution < 1.29 is 9.47 Å². The van der Waals surface area contributed by atoms with Crippen LogP contribution in [0.2, 0.25) is 0 Å². The molecule has 0 radical (unpaired) electrons. The van der Waals surface area contributed by atoms with E-state index in [1.165, 1.54) is 50.1 Å². The van der Waals surface area contributed by atoms with Gasteiger partial charge in [-0.2, -0.15) is 0 Å². The highest BCUT2D eigenvalue weighted by Crippen LogP contribution is 2.76. The Kier molecular flexibility index (Phi) is 1.44. The van der Waals surface area contributed by atoms with Crippen molar-refractivity contribution in [2.24, 2.45) is 0 Å². The zero-order valence-corrected chi connectivity index (χ0v) is 12.7. The number of hydrogen-bond donors (Lipinski definition) is 0. The van der Waals surface area contributed by atoms with Crippen molar-refractivity contribution in [1.82, 2.24) is 0 Å². The fourth-order valence-electron chi connectivity index (χ4n) is 5.66. The lowest BCUT2D eigenvalue weighted by atomic mass is 9.71. The standard InChI is InChI=1S/C22H12O2/c1-2-7-15-10(4-1)11-8-9-13-17-16-12(19-20(13)23-19)5-3-6-14(16)21-22(15,24-21)18(11)17/h1-9,19-21H. The predicted molar refractivity (Wildman–Crippen MR) is 88.5 cm³/mol. The van der Waals surface area contributed by atoms with Crippen molar-refractivity contribution in [2.75, 3.05) is 0 Å². The molecule has 0 N–H and O–H groups in total. The lowest BCUT2D eigenvalue weighted by molar-refractivity contribution is 0.335. The first-order valence-electron chi connectivity index (χ1n) is 8.63. The third-order valence-corrected chi connectivity index (χ3v) is 6.61. The van der Waals surface area contributed by atoms with Gasteiger partial charge >= 0.3 is 0 Å². The third-order valence-electron chi connectivity index (χ3n) is 6.61. The summed E-state index contributed by atoms with van der Waals surface area (Å²) in [5.41, 5.74) is 12.1. The number of epoxide rings is 2. The lowest BCUT2D eigenvalue weighted by Gasteiger charge is -2.27. The molecule has 0 saturated carbocycles. The average molecular weight is 308 g/mol. The molecule has 2 saturated heterocycles. The Morgan fingerprint density at radius 1 is 0.708 bits per heavy atom. The van der Waals surface area contributed by atoms with Gasteiger partial charge in [0.15, 0.2) is 5.60 Å². The maximum absolute atomic E-state index is 6.49. The molecule has 3 aromatic carbocycles. The van der Waals surface area contributed by atoms with Crippen LogP contribution in [0.4, 0.5) is 0 Å². The minimum absolute atomic E-state index is 0.160. The minimum Gasteiger partial charge on any atom is -0.359 e. The fraction of sp³-hybridized carbons (Fsp3) is 0.182. The second-order valence-corrected chi connectivity index (χ2v) is 7.52. The van der Waals surface area contributed by atoms with Gasteiger partial charge in [-0.15, -0.1) is 0 Å². The Labute approximate surface area is 138 Å². The highest BCUT2D eigenvalue weighted by Gasteiger charge is 2.69. The predicted octanol–water partition coefficient (Wildman–Crippen LogP) is 4.79. The van der Waals surface area contributed by atoms with Crippen molar-refractivity contribution >= 4 is 0 Å². The Hall–Kier alpha value is -2.42. The molecular weight excluding hydrogens is 296 g/mol. The van der Waals surface area contributed by atoms with Crippen molar-refractivity contribution in [1.29, 1.82) is 0 Å². The monoisotopic (exact) mass is 308 g/mol. The Balaban J connectivity index is 1.64. The van der Waals surface area contributed by atoms with Crippen molar-refractivity contribution in [2.45, 2.75) is 23.9 Å². The number of hydrogen-bond acceptors (Lipinski definition) is 2. The van der Waals surface area contributed by atoms with Gasteiger partial charge in [0, 0.05) is 5.56 Å². The summed E-state index contributed by atoms with van der Waals surface area (Å²) in [7, 11) is 0. The molecule has 24 heavy (non-hydrogen) atoms. The maximum Gasteiger partial charge on any atom is 0.151 e. The van der Waals surface area contributed by atoms with Gasteiger partial charge in [0.2, 0.25) is 0 Å². The third kappa shape index (κ3) is 0.902. The van der Waals surface area contributed by atoms with Crippen LogP contribution in [0.1, 0.15) is 46.1 Å². The molecule has 2 aliphatic heterocycles.